The van der Waals surface area contributed by atoms with Gasteiger partial charge in [-0.05, 0) is 49.6 Å². The van der Waals surface area contributed by atoms with Crippen LogP contribution >= 0.6 is 0 Å². The van der Waals surface area contributed by atoms with Gasteiger partial charge in [-0.3, -0.25) is 4.57 Å². The average Bonchev–Trinajstić information content (AvgIpc) is 2.76. The molecule has 0 bridgehead atoms. The molecular weight excluding hydrogens is 267 g/mol. The molecule has 1 aromatic carbocycles. The zero-order valence-corrected chi connectivity index (χ0v) is 12.0. The van der Waals surface area contributed by atoms with Crippen LogP contribution in [0.25, 0.3) is 11.2 Å². The molecule has 0 amide bonds. The molecule has 108 valence electrons. The van der Waals surface area contributed by atoms with Crippen molar-refractivity contribution in [3.63, 3.8) is 0 Å². The second-order valence-corrected chi connectivity index (χ2v) is 5.38. The van der Waals surface area contributed by atoms with Gasteiger partial charge in [0.2, 0.25) is 5.95 Å². The number of aromatic nitrogens is 3. The molecular formula is C16H17FN4. The van der Waals surface area contributed by atoms with E-state index in [0.29, 0.717) is 5.95 Å². The van der Waals surface area contributed by atoms with Crippen LogP contribution in [0, 0.1) is 12.7 Å². The van der Waals surface area contributed by atoms with Gasteiger partial charge in [-0.2, -0.15) is 0 Å². The highest BCUT2D eigenvalue weighted by atomic mass is 19.1. The van der Waals surface area contributed by atoms with E-state index < -0.39 is 0 Å². The predicted molar refractivity (Wildman–Crippen MR) is 81.5 cm³/mol. The van der Waals surface area contributed by atoms with E-state index in [9.17, 15) is 4.39 Å². The molecule has 1 atom stereocenters. The number of fused-ring (bicyclic) bond motifs is 1. The molecule has 2 heterocycles. The third-order valence-electron chi connectivity index (χ3n) is 3.58. The van der Waals surface area contributed by atoms with Gasteiger partial charge in [0.15, 0.2) is 5.65 Å². The number of rotatable bonds is 3. The highest BCUT2D eigenvalue weighted by Crippen LogP contribution is 2.24. The molecule has 2 N–H and O–H groups in total. The molecule has 0 fully saturated rings. The summed E-state index contributed by atoms with van der Waals surface area (Å²) in [6.45, 7) is 4.03. The fourth-order valence-corrected chi connectivity index (χ4v) is 2.59. The van der Waals surface area contributed by atoms with E-state index in [1.165, 1.54) is 12.1 Å². The van der Waals surface area contributed by atoms with Gasteiger partial charge in [0.05, 0.1) is 0 Å². The summed E-state index contributed by atoms with van der Waals surface area (Å²) in [5.41, 5.74) is 9.73. The van der Waals surface area contributed by atoms with Crippen LogP contribution in [-0.4, -0.2) is 14.5 Å². The Kier molecular flexibility index (Phi) is 3.33. The lowest BCUT2D eigenvalue weighted by Gasteiger charge is -2.15. The minimum Gasteiger partial charge on any atom is -0.369 e. The summed E-state index contributed by atoms with van der Waals surface area (Å²) in [5, 5.41) is 0. The number of nitrogens with two attached hydrogens (primary N) is 1. The summed E-state index contributed by atoms with van der Waals surface area (Å²) >= 11 is 0. The number of imidazole rings is 1. The van der Waals surface area contributed by atoms with E-state index in [2.05, 4.69) is 16.9 Å². The number of benzene rings is 1. The van der Waals surface area contributed by atoms with Gasteiger partial charge in [-0.15, -0.1) is 0 Å². The summed E-state index contributed by atoms with van der Waals surface area (Å²) < 4.78 is 14.9. The quantitative estimate of drug-likeness (QED) is 0.803. The van der Waals surface area contributed by atoms with Crippen molar-refractivity contribution in [2.75, 3.05) is 5.73 Å². The van der Waals surface area contributed by atoms with Crippen molar-refractivity contribution in [2.45, 2.75) is 26.3 Å². The summed E-state index contributed by atoms with van der Waals surface area (Å²) in [5.74, 6) is 0.230. The number of anilines is 1. The van der Waals surface area contributed by atoms with E-state index in [4.69, 9.17) is 5.73 Å². The van der Waals surface area contributed by atoms with Crippen LogP contribution in [0.1, 0.15) is 24.1 Å². The van der Waals surface area contributed by atoms with Crippen molar-refractivity contribution in [3.8, 4) is 0 Å². The Morgan fingerprint density at radius 2 is 2.00 bits per heavy atom. The van der Waals surface area contributed by atoms with Crippen molar-refractivity contribution in [2.24, 2.45) is 0 Å². The standard InChI is InChI=1S/C16H17FN4/c1-10-7-14-15(19-9-10)21(16(18)20-14)11(2)8-12-3-5-13(17)6-4-12/h3-7,9,11H,8H2,1-2H3,(H2,18,20). The van der Waals surface area contributed by atoms with E-state index in [1.54, 1.807) is 12.1 Å². The first-order valence-corrected chi connectivity index (χ1v) is 6.89. The lowest BCUT2D eigenvalue weighted by molar-refractivity contribution is 0.561. The van der Waals surface area contributed by atoms with Gasteiger partial charge >= 0.3 is 0 Å². The monoisotopic (exact) mass is 284 g/mol. The minimum atomic E-state index is -0.226. The summed E-state index contributed by atoms with van der Waals surface area (Å²) in [6.07, 6.45) is 2.55. The maximum Gasteiger partial charge on any atom is 0.202 e. The average molecular weight is 284 g/mol. The third-order valence-corrected chi connectivity index (χ3v) is 3.58. The molecule has 2 aromatic heterocycles. The van der Waals surface area contributed by atoms with Crippen LogP contribution in [0.2, 0.25) is 0 Å². The van der Waals surface area contributed by atoms with E-state index in [0.717, 1.165) is 28.7 Å². The van der Waals surface area contributed by atoms with Crippen LogP contribution in [-0.2, 0) is 6.42 Å². The maximum absolute atomic E-state index is 13.0. The zero-order valence-electron chi connectivity index (χ0n) is 12.0. The van der Waals surface area contributed by atoms with Gasteiger partial charge in [0.25, 0.3) is 0 Å². The van der Waals surface area contributed by atoms with Crippen LogP contribution in [0.15, 0.2) is 36.5 Å². The fraction of sp³-hybridized carbons (Fsp3) is 0.250. The van der Waals surface area contributed by atoms with Crippen molar-refractivity contribution >= 4 is 17.1 Å². The van der Waals surface area contributed by atoms with Crippen LogP contribution in [0.5, 0.6) is 0 Å². The third kappa shape index (κ3) is 2.59. The van der Waals surface area contributed by atoms with Crippen LogP contribution in [0.4, 0.5) is 10.3 Å². The molecule has 3 rings (SSSR count). The van der Waals surface area contributed by atoms with Crippen LogP contribution < -0.4 is 5.73 Å². The van der Waals surface area contributed by atoms with Crippen molar-refractivity contribution in [3.05, 3.63) is 53.5 Å². The highest BCUT2D eigenvalue weighted by molar-refractivity contribution is 5.74. The molecule has 0 aliphatic rings. The largest absolute Gasteiger partial charge is 0.369 e. The highest BCUT2D eigenvalue weighted by Gasteiger charge is 2.15. The van der Waals surface area contributed by atoms with Gasteiger partial charge in [-0.1, -0.05) is 12.1 Å². The lowest BCUT2D eigenvalue weighted by Crippen LogP contribution is -2.12. The molecule has 5 heteroatoms. The van der Waals surface area contributed by atoms with Crippen molar-refractivity contribution in [1.29, 1.82) is 0 Å². The molecule has 0 aliphatic carbocycles. The maximum atomic E-state index is 13.0. The van der Waals surface area contributed by atoms with Gasteiger partial charge in [-0.25, -0.2) is 14.4 Å². The van der Waals surface area contributed by atoms with E-state index in [-0.39, 0.29) is 11.9 Å². The number of halogens is 1. The molecule has 3 aromatic rings. The molecule has 0 saturated heterocycles. The Morgan fingerprint density at radius 1 is 1.29 bits per heavy atom. The predicted octanol–water partition coefficient (Wildman–Crippen LogP) is 3.26. The zero-order chi connectivity index (χ0) is 15.0. The number of hydrogen-bond acceptors (Lipinski definition) is 3. The Hall–Kier alpha value is -2.43. The first kappa shape index (κ1) is 13.5. The number of pyridine rings is 1. The fourth-order valence-electron chi connectivity index (χ4n) is 2.59. The van der Waals surface area contributed by atoms with Crippen molar-refractivity contribution in [1.82, 2.24) is 14.5 Å². The Labute approximate surface area is 122 Å². The number of nitrogens with zero attached hydrogens (tertiary/aromatic N) is 3. The summed E-state index contributed by atoms with van der Waals surface area (Å²) in [6, 6.07) is 8.59. The molecule has 0 spiro atoms. The molecule has 0 saturated carbocycles. The number of hydrogen-bond donors (Lipinski definition) is 1. The number of aryl methyl sites for hydroxylation is 1. The Bertz CT molecular complexity index is 777. The van der Waals surface area contributed by atoms with E-state index in [1.807, 2.05) is 23.8 Å². The second-order valence-electron chi connectivity index (χ2n) is 5.38. The summed E-state index contributed by atoms with van der Waals surface area (Å²) in [7, 11) is 0. The SMILES string of the molecule is Cc1cnc2c(c1)nc(N)n2C(C)Cc1ccc(F)cc1. The van der Waals surface area contributed by atoms with Gasteiger partial charge in [0, 0.05) is 12.2 Å². The van der Waals surface area contributed by atoms with Gasteiger partial charge in [0.1, 0.15) is 11.3 Å². The Balaban J connectivity index is 1.95. The van der Waals surface area contributed by atoms with E-state index >= 15 is 0 Å². The number of nitrogen functional groups attached to an aromatic ring is 1. The topological polar surface area (TPSA) is 56.7 Å². The Morgan fingerprint density at radius 3 is 2.71 bits per heavy atom. The molecule has 4 nitrogen and oxygen atoms in total. The molecule has 0 radical (unpaired) electrons. The van der Waals surface area contributed by atoms with Crippen molar-refractivity contribution < 1.29 is 4.39 Å². The summed E-state index contributed by atoms with van der Waals surface area (Å²) in [4.78, 5) is 8.81. The first-order valence-electron chi connectivity index (χ1n) is 6.89. The smallest absolute Gasteiger partial charge is 0.202 e. The second kappa shape index (κ2) is 5.16. The van der Waals surface area contributed by atoms with Gasteiger partial charge < -0.3 is 5.73 Å². The minimum absolute atomic E-state index is 0.0932. The lowest BCUT2D eigenvalue weighted by atomic mass is 10.1. The normalized spacial score (nSPS) is 12.7. The van der Waals surface area contributed by atoms with Crippen LogP contribution in [0.3, 0.4) is 0 Å². The molecule has 21 heavy (non-hydrogen) atoms. The first-order chi connectivity index (χ1) is 10.0. The molecule has 0 aliphatic heterocycles. The molecule has 1 unspecified atom stereocenters.